The Morgan fingerprint density at radius 2 is 2.19 bits per heavy atom. The van der Waals surface area contributed by atoms with E-state index in [9.17, 15) is 4.39 Å². The fourth-order valence-corrected chi connectivity index (χ4v) is 1.37. The van der Waals surface area contributed by atoms with Crippen molar-refractivity contribution in [1.82, 2.24) is 9.55 Å². The van der Waals surface area contributed by atoms with Gasteiger partial charge in [-0.05, 0) is 19.1 Å². The molecule has 0 saturated carbocycles. The van der Waals surface area contributed by atoms with E-state index in [-0.39, 0.29) is 18.2 Å². The molecule has 4 heteroatoms. The number of para-hydroxylation sites is 1. The lowest BCUT2D eigenvalue weighted by Gasteiger charge is -2.04. The summed E-state index contributed by atoms with van der Waals surface area (Å²) in [7, 11) is 0. The predicted octanol–water partition coefficient (Wildman–Crippen LogP) is 2.62. The predicted molar refractivity (Wildman–Crippen MR) is 58.6 cm³/mol. The molecule has 0 atom stereocenters. The second kappa shape index (κ2) is 4.79. The number of nitrogens with zero attached hydrogens (tertiary/aromatic N) is 2. The van der Waals surface area contributed by atoms with Crippen LogP contribution in [0.1, 0.15) is 12.6 Å². The van der Waals surface area contributed by atoms with Crippen molar-refractivity contribution < 1.29 is 9.13 Å². The summed E-state index contributed by atoms with van der Waals surface area (Å²) in [5.41, 5.74) is 0.796. The van der Waals surface area contributed by atoms with Crippen LogP contribution in [0.3, 0.4) is 0 Å². The highest BCUT2D eigenvalue weighted by molar-refractivity contribution is 5.23. The van der Waals surface area contributed by atoms with Crippen LogP contribution >= 0.6 is 0 Å². The maximum atomic E-state index is 13.2. The van der Waals surface area contributed by atoms with Crippen LogP contribution in [-0.2, 0) is 13.2 Å². The van der Waals surface area contributed by atoms with Gasteiger partial charge in [0.25, 0.3) is 0 Å². The number of aryl methyl sites for hydroxylation is 1. The summed E-state index contributed by atoms with van der Waals surface area (Å²) in [6, 6.07) is 6.35. The van der Waals surface area contributed by atoms with E-state index >= 15 is 0 Å². The standard InChI is InChI=1S/C12H13FN2O/c1-2-15-7-10(14-9-15)8-16-12-6-4-3-5-11(12)13/h3-7,9H,2,8H2,1H3. The summed E-state index contributed by atoms with van der Waals surface area (Å²) in [5, 5.41) is 0. The monoisotopic (exact) mass is 220 g/mol. The number of halogens is 1. The van der Waals surface area contributed by atoms with Gasteiger partial charge in [-0.1, -0.05) is 12.1 Å². The first kappa shape index (κ1) is 10.7. The third-order valence-corrected chi connectivity index (χ3v) is 2.26. The molecule has 0 aliphatic rings. The molecule has 1 aromatic carbocycles. The van der Waals surface area contributed by atoms with Gasteiger partial charge in [0, 0.05) is 12.7 Å². The van der Waals surface area contributed by atoms with Gasteiger partial charge >= 0.3 is 0 Å². The second-order valence-corrected chi connectivity index (χ2v) is 3.41. The highest BCUT2D eigenvalue weighted by Gasteiger charge is 2.03. The van der Waals surface area contributed by atoms with Gasteiger partial charge in [-0.15, -0.1) is 0 Å². The first-order valence-electron chi connectivity index (χ1n) is 5.17. The van der Waals surface area contributed by atoms with Crippen LogP contribution in [0.25, 0.3) is 0 Å². The van der Waals surface area contributed by atoms with Crippen molar-refractivity contribution in [1.29, 1.82) is 0 Å². The van der Waals surface area contributed by atoms with E-state index in [2.05, 4.69) is 4.98 Å². The minimum Gasteiger partial charge on any atom is -0.484 e. The van der Waals surface area contributed by atoms with Crippen LogP contribution < -0.4 is 4.74 Å². The quantitative estimate of drug-likeness (QED) is 0.792. The van der Waals surface area contributed by atoms with Crippen LogP contribution in [0, 0.1) is 5.82 Å². The molecule has 0 N–H and O–H groups in total. The molecule has 0 aliphatic heterocycles. The van der Waals surface area contributed by atoms with Crippen molar-refractivity contribution in [2.75, 3.05) is 0 Å². The van der Waals surface area contributed by atoms with Crippen molar-refractivity contribution in [3.8, 4) is 5.75 Å². The minimum atomic E-state index is -0.350. The van der Waals surface area contributed by atoms with Crippen LogP contribution in [0.5, 0.6) is 5.75 Å². The van der Waals surface area contributed by atoms with Crippen molar-refractivity contribution in [3.05, 3.63) is 48.3 Å². The molecule has 84 valence electrons. The second-order valence-electron chi connectivity index (χ2n) is 3.41. The van der Waals surface area contributed by atoms with Gasteiger partial charge in [-0.2, -0.15) is 0 Å². The van der Waals surface area contributed by atoms with Crippen molar-refractivity contribution >= 4 is 0 Å². The molecule has 0 saturated heterocycles. The number of aromatic nitrogens is 2. The molecule has 0 aliphatic carbocycles. The van der Waals surface area contributed by atoms with Crippen molar-refractivity contribution in [2.24, 2.45) is 0 Å². The molecule has 16 heavy (non-hydrogen) atoms. The molecule has 3 nitrogen and oxygen atoms in total. The average Bonchev–Trinajstić information content (AvgIpc) is 2.76. The molecule has 1 heterocycles. The number of hydrogen-bond acceptors (Lipinski definition) is 2. The van der Waals surface area contributed by atoms with E-state index in [4.69, 9.17) is 4.74 Å². The molecule has 0 spiro atoms. The first-order chi connectivity index (χ1) is 7.79. The minimum absolute atomic E-state index is 0.258. The van der Waals surface area contributed by atoms with Gasteiger partial charge in [-0.3, -0.25) is 0 Å². The molecule has 2 aromatic rings. The summed E-state index contributed by atoms with van der Waals surface area (Å²) in [6.45, 7) is 3.18. The Morgan fingerprint density at radius 3 is 2.88 bits per heavy atom. The molecular weight excluding hydrogens is 207 g/mol. The zero-order valence-corrected chi connectivity index (χ0v) is 9.06. The Morgan fingerprint density at radius 1 is 1.38 bits per heavy atom. The van der Waals surface area contributed by atoms with E-state index in [1.807, 2.05) is 17.7 Å². The average molecular weight is 220 g/mol. The molecule has 0 bridgehead atoms. The van der Waals surface area contributed by atoms with E-state index in [1.54, 1.807) is 24.5 Å². The van der Waals surface area contributed by atoms with E-state index < -0.39 is 0 Å². The topological polar surface area (TPSA) is 27.1 Å². The SMILES string of the molecule is CCn1cnc(COc2ccccc2F)c1. The number of benzene rings is 1. The zero-order valence-electron chi connectivity index (χ0n) is 9.06. The van der Waals surface area contributed by atoms with E-state index in [0.29, 0.717) is 0 Å². The molecule has 2 rings (SSSR count). The Balaban J connectivity index is 1.99. The molecular formula is C12H13FN2O. The fourth-order valence-electron chi connectivity index (χ4n) is 1.37. The maximum absolute atomic E-state index is 13.2. The molecule has 0 fully saturated rings. The van der Waals surface area contributed by atoms with Crippen molar-refractivity contribution in [2.45, 2.75) is 20.1 Å². The third-order valence-electron chi connectivity index (χ3n) is 2.26. The molecule has 0 radical (unpaired) electrons. The molecule has 0 unspecified atom stereocenters. The Labute approximate surface area is 93.5 Å². The van der Waals surface area contributed by atoms with E-state index in [1.165, 1.54) is 6.07 Å². The first-order valence-corrected chi connectivity index (χ1v) is 5.17. The van der Waals surface area contributed by atoms with Crippen LogP contribution in [0.4, 0.5) is 4.39 Å². The Bertz CT molecular complexity index is 468. The summed E-state index contributed by atoms with van der Waals surface area (Å²) in [6.07, 6.45) is 3.63. The van der Waals surface area contributed by atoms with Crippen LogP contribution in [0.2, 0.25) is 0 Å². The van der Waals surface area contributed by atoms with Gasteiger partial charge < -0.3 is 9.30 Å². The number of ether oxygens (including phenoxy) is 1. The lowest BCUT2D eigenvalue weighted by Crippen LogP contribution is -1.97. The van der Waals surface area contributed by atoms with Crippen LogP contribution in [-0.4, -0.2) is 9.55 Å². The molecule has 0 amide bonds. The smallest absolute Gasteiger partial charge is 0.165 e. The van der Waals surface area contributed by atoms with Gasteiger partial charge in [0.2, 0.25) is 0 Å². The lowest BCUT2D eigenvalue weighted by atomic mass is 10.3. The van der Waals surface area contributed by atoms with Gasteiger partial charge in [0.1, 0.15) is 6.61 Å². The number of hydrogen-bond donors (Lipinski definition) is 0. The van der Waals surface area contributed by atoms with E-state index in [0.717, 1.165) is 12.2 Å². The maximum Gasteiger partial charge on any atom is 0.165 e. The van der Waals surface area contributed by atoms with Crippen LogP contribution in [0.15, 0.2) is 36.8 Å². The summed E-state index contributed by atoms with van der Waals surface area (Å²) < 4.78 is 20.5. The normalized spacial score (nSPS) is 10.4. The highest BCUT2D eigenvalue weighted by atomic mass is 19.1. The Hall–Kier alpha value is -1.84. The largest absolute Gasteiger partial charge is 0.484 e. The van der Waals surface area contributed by atoms with Gasteiger partial charge in [0.05, 0.1) is 12.0 Å². The number of rotatable bonds is 4. The molecule has 1 aromatic heterocycles. The summed E-state index contributed by atoms with van der Waals surface area (Å²) in [5.74, 6) is -0.0917. The van der Waals surface area contributed by atoms with Crippen molar-refractivity contribution in [3.63, 3.8) is 0 Å². The fraction of sp³-hybridized carbons (Fsp3) is 0.250. The van der Waals surface area contributed by atoms with Gasteiger partial charge in [-0.25, -0.2) is 9.37 Å². The summed E-state index contributed by atoms with van der Waals surface area (Å²) in [4.78, 5) is 4.15. The third kappa shape index (κ3) is 2.39. The summed E-state index contributed by atoms with van der Waals surface area (Å²) >= 11 is 0. The number of imidazole rings is 1. The van der Waals surface area contributed by atoms with Gasteiger partial charge in [0.15, 0.2) is 11.6 Å². The highest BCUT2D eigenvalue weighted by Crippen LogP contribution is 2.16. The lowest BCUT2D eigenvalue weighted by molar-refractivity contribution is 0.286. The Kier molecular flexibility index (Phi) is 3.19. The zero-order chi connectivity index (χ0) is 11.4.